The normalized spacial score (nSPS) is 36.3. The van der Waals surface area contributed by atoms with Gasteiger partial charge in [-0.05, 0) is 42.5 Å². The Hall–Kier alpha value is -2.49. The summed E-state index contributed by atoms with van der Waals surface area (Å²) in [5.41, 5.74) is 3.94. The number of carbonyl (C=O) groups excluding carboxylic acids is 1. The van der Waals surface area contributed by atoms with E-state index in [-0.39, 0.29) is 19.1 Å². The van der Waals surface area contributed by atoms with Crippen LogP contribution in [-0.2, 0) is 23.7 Å². The average Bonchev–Trinajstić information content (AvgIpc) is 3.44. The SMILES string of the molecule is CC1(C)O[C@H]2O[C@@H]3[C@H]4[C@H](O)CO[C@@]3(CCN4C(=O)OCC3c4ccccc4-c4ccccc43)[C@H]2O1. The number of ether oxygens (including phenoxy) is 5. The maximum absolute atomic E-state index is 13.4. The van der Waals surface area contributed by atoms with Crippen LogP contribution in [0.4, 0.5) is 4.79 Å². The van der Waals surface area contributed by atoms with E-state index in [9.17, 15) is 9.90 Å². The van der Waals surface area contributed by atoms with Crippen molar-refractivity contribution in [3.63, 3.8) is 0 Å². The standard InChI is InChI=1S/C27H29NO7/c1-26(2)34-23-24(35-26)33-22-21-20(29)14-32-27(22,23)11-12-28(21)25(30)31-13-19-17-9-5-3-7-15(17)16-8-4-6-10-18(16)19/h3-10,19-24,29H,11-14H2,1-2H3/t20-,21-,22-,23+,24-,27-/m1/s1. The van der Waals surface area contributed by atoms with Gasteiger partial charge < -0.3 is 28.8 Å². The summed E-state index contributed by atoms with van der Waals surface area (Å²) in [7, 11) is 0. The van der Waals surface area contributed by atoms with Crippen molar-refractivity contribution in [1.29, 1.82) is 0 Å². The summed E-state index contributed by atoms with van der Waals surface area (Å²) < 4.78 is 30.4. The number of hydrogen-bond donors (Lipinski definition) is 1. The van der Waals surface area contributed by atoms with Crippen molar-refractivity contribution < 1.29 is 33.6 Å². The van der Waals surface area contributed by atoms with Gasteiger partial charge in [-0.1, -0.05) is 48.5 Å². The minimum Gasteiger partial charge on any atom is -0.448 e. The number of nitrogens with zero attached hydrogens (tertiary/aromatic N) is 1. The molecular weight excluding hydrogens is 450 g/mol. The van der Waals surface area contributed by atoms with Gasteiger partial charge in [-0.15, -0.1) is 0 Å². The first kappa shape index (κ1) is 21.8. The van der Waals surface area contributed by atoms with E-state index < -0.39 is 48.1 Å². The third-order valence-corrected chi connectivity index (χ3v) is 8.20. The van der Waals surface area contributed by atoms with Gasteiger partial charge >= 0.3 is 6.09 Å². The van der Waals surface area contributed by atoms with E-state index in [4.69, 9.17) is 23.7 Å². The minimum atomic E-state index is -0.888. The fourth-order valence-corrected chi connectivity index (χ4v) is 6.72. The number of amides is 1. The zero-order chi connectivity index (χ0) is 23.9. The van der Waals surface area contributed by atoms with E-state index in [1.54, 1.807) is 4.90 Å². The molecular formula is C27H29NO7. The summed E-state index contributed by atoms with van der Waals surface area (Å²) >= 11 is 0. The molecule has 2 aromatic rings. The second-order valence-corrected chi connectivity index (χ2v) is 10.6. The highest BCUT2D eigenvalue weighted by molar-refractivity contribution is 5.79. The van der Waals surface area contributed by atoms with Crippen LogP contribution in [-0.4, -0.2) is 77.9 Å². The molecule has 6 atom stereocenters. The molecule has 4 heterocycles. The molecule has 0 saturated carbocycles. The van der Waals surface area contributed by atoms with Gasteiger partial charge in [0.1, 0.15) is 30.5 Å². The van der Waals surface area contributed by atoms with Crippen LogP contribution in [0.2, 0.25) is 0 Å². The first-order valence-electron chi connectivity index (χ1n) is 12.3. The van der Waals surface area contributed by atoms with Crippen LogP contribution < -0.4 is 0 Å². The summed E-state index contributed by atoms with van der Waals surface area (Å²) in [6.45, 7) is 4.41. The minimum absolute atomic E-state index is 0.0269. The number of piperidine rings is 1. The Morgan fingerprint density at radius 2 is 1.74 bits per heavy atom. The molecule has 1 N–H and O–H groups in total. The van der Waals surface area contributed by atoms with Crippen LogP contribution in [0.5, 0.6) is 0 Å². The van der Waals surface area contributed by atoms with E-state index in [0.717, 1.165) is 11.1 Å². The number of fused-ring (bicyclic) bond motifs is 4. The number of rotatable bonds is 2. The highest BCUT2D eigenvalue weighted by Crippen LogP contribution is 2.52. The third kappa shape index (κ3) is 3.07. The van der Waals surface area contributed by atoms with E-state index in [1.165, 1.54) is 11.1 Å². The van der Waals surface area contributed by atoms with E-state index in [0.29, 0.717) is 13.0 Å². The molecule has 2 bridgehead atoms. The van der Waals surface area contributed by atoms with Gasteiger partial charge in [0.25, 0.3) is 0 Å². The van der Waals surface area contributed by atoms with Crippen molar-refractivity contribution in [2.45, 2.75) is 68.2 Å². The fraction of sp³-hybridized carbons (Fsp3) is 0.519. The second kappa shape index (κ2) is 7.51. The monoisotopic (exact) mass is 479 g/mol. The molecule has 4 fully saturated rings. The fourth-order valence-electron chi connectivity index (χ4n) is 6.72. The molecule has 4 aliphatic heterocycles. The zero-order valence-electron chi connectivity index (χ0n) is 19.8. The topological polar surface area (TPSA) is 86.7 Å². The van der Waals surface area contributed by atoms with Crippen LogP contribution >= 0.6 is 0 Å². The molecule has 1 aliphatic carbocycles. The lowest BCUT2D eigenvalue weighted by Gasteiger charge is -2.53. The van der Waals surface area contributed by atoms with Gasteiger partial charge in [-0.3, -0.25) is 4.90 Å². The van der Waals surface area contributed by atoms with Gasteiger partial charge in [0, 0.05) is 12.5 Å². The molecule has 1 amide bonds. The second-order valence-electron chi connectivity index (χ2n) is 10.6. The van der Waals surface area contributed by atoms with Crippen molar-refractivity contribution in [2.24, 2.45) is 0 Å². The number of carbonyl (C=O) groups is 1. The van der Waals surface area contributed by atoms with Crippen LogP contribution in [0.3, 0.4) is 0 Å². The number of benzene rings is 2. The largest absolute Gasteiger partial charge is 0.448 e. The van der Waals surface area contributed by atoms with Crippen molar-refractivity contribution in [3.8, 4) is 11.1 Å². The Morgan fingerprint density at radius 3 is 2.46 bits per heavy atom. The zero-order valence-corrected chi connectivity index (χ0v) is 19.8. The number of aliphatic hydroxyl groups excluding tert-OH is 1. The molecule has 35 heavy (non-hydrogen) atoms. The third-order valence-electron chi connectivity index (χ3n) is 8.20. The lowest BCUT2D eigenvalue weighted by Crippen LogP contribution is -2.72. The van der Waals surface area contributed by atoms with Crippen molar-refractivity contribution in [2.75, 3.05) is 19.8 Å². The Balaban J connectivity index is 1.12. The molecule has 0 aromatic heterocycles. The van der Waals surface area contributed by atoms with E-state index in [1.807, 2.05) is 38.1 Å². The van der Waals surface area contributed by atoms with Gasteiger partial charge in [-0.25, -0.2) is 4.79 Å². The lowest BCUT2D eigenvalue weighted by molar-refractivity contribution is -0.284. The molecule has 184 valence electrons. The van der Waals surface area contributed by atoms with Crippen LogP contribution in [0.25, 0.3) is 11.1 Å². The molecule has 0 unspecified atom stereocenters. The quantitative estimate of drug-likeness (QED) is 0.709. The smallest absolute Gasteiger partial charge is 0.410 e. The predicted octanol–water partition coefficient (Wildman–Crippen LogP) is 3.02. The summed E-state index contributed by atoms with van der Waals surface area (Å²) in [4.78, 5) is 15.0. The summed E-state index contributed by atoms with van der Waals surface area (Å²) in [5, 5.41) is 10.9. The Morgan fingerprint density at radius 1 is 1.06 bits per heavy atom. The molecule has 7 rings (SSSR count). The molecule has 8 nitrogen and oxygen atoms in total. The number of aliphatic hydroxyl groups is 1. The van der Waals surface area contributed by atoms with Gasteiger partial charge in [0.15, 0.2) is 12.1 Å². The van der Waals surface area contributed by atoms with Gasteiger partial charge in [0.05, 0.1) is 12.6 Å². The van der Waals surface area contributed by atoms with Crippen LogP contribution in [0.1, 0.15) is 37.3 Å². The summed E-state index contributed by atoms with van der Waals surface area (Å²) in [6.07, 6.45) is -2.36. The van der Waals surface area contributed by atoms with Gasteiger partial charge in [0.2, 0.25) is 0 Å². The molecule has 8 heteroatoms. The Bertz CT molecular complexity index is 1140. The predicted molar refractivity (Wildman–Crippen MR) is 124 cm³/mol. The summed E-state index contributed by atoms with van der Waals surface area (Å²) in [6, 6.07) is 15.9. The molecule has 0 radical (unpaired) electrons. The van der Waals surface area contributed by atoms with E-state index >= 15 is 0 Å². The molecule has 5 aliphatic rings. The molecule has 0 spiro atoms. The maximum Gasteiger partial charge on any atom is 0.410 e. The Labute approximate surface area is 203 Å². The highest BCUT2D eigenvalue weighted by atomic mass is 16.8. The summed E-state index contributed by atoms with van der Waals surface area (Å²) in [5.74, 6) is -0.797. The highest BCUT2D eigenvalue weighted by Gasteiger charge is 2.71. The van der Waals surface area contributed by atoms with E-state index in [2.05, 4.69) is 24.3 Å². The first-order valence-corrected chi connectivity index (χ1v) is 12.3. The molecule has 4 saturated heterocycles. The number of hydrogen-bond acceptors (Lipinski definition) is 7. The lowest BCUT2D eigenvalue weighted by atomic mass is 9.77. The number of likely N-dealkylation sites (tertiary alicyclic amines) is 1. The van der Waals surface area contributed by atoms with Crippen LogP contribution in [0, 0.1) is 0 Å². The van der Waals surface area contributed by atoms with Crippen molar-refractivity contribution in [1.82, 2.24) is 4.90 Å². The van der Waals surface area contributed by atoms with Crippen molar-refractivity contribution in [3.05, 3.63) is 59.7 Å². The first-order chi connectivity index (χ1) is 16.9. The van der Waals surface area contributed by atoms with Crippen molar-refractivity contribution >= 4 is 6.09 Å². The van der Waals surface area contributed by atoms with Gasteiger partial charge in [-0.2, -0.15) is 0 Å². The Kier molecular flexibility index (Phi) is 4.67. The maximum atomic E-state index is 13.4. The van der Waals surface area contributed by atoms with Crippen LogP contribution in [0.15, 0.2) is 48.5 Å². The molecule has 2 aromatic carbocycles. The average molecular weight is 480 g/mol.